The normalized spacial score (nSPS) is 12.4. The number of unbranched alkanes of at least 4 members (excludes halogenated alkanes) is 2. The zero-order chi connectivity index (χ0) is 32.1. The number of hydrogen-bond donors (Lipinski definition) is 0. The first-order valence-corrected chi connectivity index (χ1v) is 17.6. The predicted molar refractivity (Wildman–Crippen MR) is 197 cm³/mol. The molecule has 0 N–H and O–H groups in total. The summed E-state index contributed by atoms with van der Waals surface area (Å²) in [4.78, 5) is 0. The fourth-order valence-corrected chi connectivity index (χ4v) is 6.23. The van der Waals surface area contributed by atoms with Crippen LogP contribution in [-0.2, 0) is 0 Å². The molecule has 0 aliphatic rings. The van der Waals surface area contributed by atoms with Gasteiger partial charge < -0.3 is 9.47 Å². The summed E-state index contributed by atoms with van der Waals surface area (Å²) in [5.74, 6) is 10.0. The maximum absolute atomic E-state index is 6.21. The van der Waals surface area contributed by atoms with Crippen molar-refractivity contribution in [2.24, 2.45) is 11.8 Å². The summed E-state index contributed by atoms with van der Waals surface area (Å²) in [5, 5.41) is 4.85. The van der Waals surface area contributed by atoms with Crippen LogP contribution in [0.15, 0.2) is 97.1 Å². The smallest absolute Gasteiger partial charge is 0.119 e. The lowest BCUT2D eigenvalue weighted by molar-refractivity contribution is 0.233. The Labute approximate surface area is 277 Å². The molecule has 5 aromatic rings. The molecule has 5 rings (SSSR count). The lowest BCUT2D eigenvalue weighted by Gasteiger charge is -2.16. The van der Waals surface area contributed by atoms with E-state index in [0.29, 0.717) is 11.8 Å². The van der Waals surface area contributed by atoms with E-state index in [2.05, 4.69) is 124 Å². The highest BCUT2D eigenvalue weighted by Crippen LogP contribution is 2.37. The highest BCUT2D eigenvalue weighted by atomic mass is 16.5. The summed E-state index contributed by atoms with van der Waals surface area (Å²) in [6, 6.07) is 34.3. The topological polar surface area (TPSA) is 18.5 Å². The molecule has 0 saturated carbocycles. The van der Waals surface area contributed by atoms with Gasteiger partial charge in [0.2, 0.25) is 0 Å². The van der Waals surface area contributed by atoms with E-state index in [9.17, 15) is 0 Å². The molecule has 0 aliphatic carbocycles. The van der Waals surface area contributed by atoms with Crippen molar-refractivity contribution in [3.63, 3.8) is 0 Å². The molecule has 0 radical (unpaired) electrons. The van der Waals surface area contributed by atoms with Crippen LogP contribution in [0.4, 0.5) is 0 Å². The highest BCUT2D eigenvalue weighted by Gasteiger charge is 2.12. The molecule has 2 heteroatoms. The van der Waals surface area contributed by atoms with Crippen molar-refractivity contribution in [2.45, 2.75) is 79.1 Å². The minimum Gasteiger partial charge on any atom is -0.493 e. The molecule has 0 aromatic heterocycles. The van der Waals surface area contributed by atoms with Gasteiger partial charge in [0.1, 0.15) is 11.5 Å². The van der Waals surface area contributed by atoms with Crippen molar-refractivity contribution < 1.29 is 9.47 Å². The van der Waals surface area contributed by atoms with E-state index in [0.717, 1.165) is 48.7 Å². The molecule has 0 saturated heterocycles. The predicted octanol–water partition coefficient (Wildman–Crippen LogP) is 12.3. The molecule has 0 amide bonds. The average molecular weight is 611 g/mol. The van der Waals surface area contributed by atoms with E-state index in [4.69, 9.17) is 9.47 Å². The van der Waals surface area contributed by atoms with Crippen LogP contribution in [0.25, 0.3) is 32.7 Å². The van der Waals surface area contributed by atoms with Gasteiger partial charge in [0.25, 0.3) is 0 Å². The van der Waals surface area contributed by atoms with Crippen molar-refractivity contribution in [3.05, 3.63) is 108 Å². The first kappa shape index (κ1) is 33.2. The monoisotopic (exact) mass is 610 g/mol. The van der Waals surface area contributed by atoms with Gasteiger partial charge in [-0.05, 0) is 100 Å². The van der Waals surface area contributed by atoms with Crippen molar-refractivity contribution >= 4 is 21.5 Å². The van der Waals surface area contributed by atoms with E-state index in [1.165, 1.54) is 71.2 Å². The van der Waals surface area contributed by atoms with Gasteiger partial charge in [0.15, 0.2) is 0 Å². The zero-order valence-corrected chi connectivity index (χ0v) is 28.3. The van der Waals surface area contributed by atoms with Gasteiger partial charge in [-0.25, -0.2) is 0 Å². The quantitative estimate of drug-likeness (QED) is 0.0867. The maximum atomic E-state index is 6.21. The highest BCUT2D eigenvalue weighted by molar-refractivity contribution is 6.15. The summed E-state index contributed by atoms with van der Waals surface area (Å²) in [6.45, 7) is 10.6. The molecule has 2 unspecified atom stereocenters. The van der Waals surface area contributed by atoms with Gasteiger partial charge in [0.05, 0.1) is 13.2 Å². The first-order valence-electron chi connectivity index (χ1n) is 17.6. The third kappa shape index (κ3) is 8.52. The van der Waals surface area contributed by atoms with Gasteiger partial charge >= 0.3 is 0 Å². The van der Waals surface area contributed by atoms with Gasteiger partial charge in [-0.1, -0.05) is 127 Å². The van der Waals surface area contributed by atoms with Crippen LogP contribution < -0.4 is 9.47 Å². The summed E-state index contributed by atoms with van der Waals surface area (Å²) in [6.07, 6.45) is 9.80. The Kier molecular flexibility index (Phi) is 12.2. The van der Waals surface area contributed by atoms with Crippen molar-refractivity contribution in [1.82, 2.24) is 0 Å². The molecule has 238 valence electrons. The zero-order valence-electron chi connectivity index (χ0n) is 28.3. The molecular weight excluding hydrogens is 560 g/mol. The Morgan fingerprint density at radius 2 is 1.17 bits per heavy atom. The Bertz CT molecular complexity index is 1740. The van der Waals surface area contributed by atoms with Gasteiger partial charge in [-0.2, -0.15) is 0 Å². The minimum atomic E-state index is 0.619. The van der Waals surface area contributed by atoms with Gasteiger partial charge in [-0.3, -0.25) is 0 Å². The molecule has 46 heavy (non-hydrogen) atoms. The van der Waals surface area contributed by atoms with Gasteiger partial charge in [0, 0.05) is 16.5 Å². The SMILES string of the molecule is CCCCC(CC)COc1ccc(C#Cc2cccc3cc(-c4ccc(OCC(CC)CCCC)cc4)c4ccccc4c23)cc1. The van der Waals surface area contributed by atoms with E-state index >= 15 is 0 Å². The Morgan fingerprint density at radius 1 is 0.587 bits per heavy atom. The second-order valence-electron chi connectivity index (χ2n) is 12.6. The van der Waals surface area contributed by atoms with E-state index in [1.54, 1.807) is 0 Å². The molecule has 0 bridgehead atoms. The molecule has 2 nitrogen and oxygen atoms in total. The van der Waals surface area contributed by atoms with Crippen LogP contribution >= 0.6 is 0 Å². The summed E-state index contributed by atoms with van der Waals surface area (Å²) < 4.78 is 12.3. The fourth-order valence-electron chi connectivity index (χ4n) is 6.23. The van der Waals surface area contributed by atoms with E-state index < -0.39 is 0 Å². The lowest BCUT2D eigenvalue weighted by Crippen LogP contribution is -2.11. The number of benzene rings is 5. The standard InChI is InChI=1S/C44H50O2/c1-5-9-14-33(7-3)31-45-39-26-21-35(22-27-39)20-23-37-16-13-17-38-30-43(41-18-11-12-19-42(41)44(37)38)36-24-28-40(29-25-36)46-32-34(8-4)15-10-6-2/h11-13,16-19,21-22,24-30,33-34H,5-10,14-15,31-32H2,1-4H3. The second kappa shape index (κ2) is 16.9. The maximum Gasteiger partial charge on any atom is 0.119 e. The van der Waals surface area contributed by atoms with Crippen molar-refractivity contribution in [3.8, 4) is 34.5 Å². The van der Waals surface area contributed by atoms with Gasteiger partial charge in [-0.15, -0.1) is 0 Å². The van der Waals surface area contributed by atoms with Crippen LogP contribution in [0.1, 0.15) is 90.2 Å². The average Bonchev–Trinajstić information content (AvgIpc) is 3.11. The van der Waals surface area contributed by atoms with Crippen molar-refractivity contribution in [2.75, 3.05) is 13.2 Å². The molecule has 5 aromatic carbocycles. The van der Waals surface area contributed by atoms with Crippen molar-refractivity contribution in [1.29, 1.82) is 0 Å². The van der Waals surface area contributed by atoms with Crippen LogP contribution in [0.3, 0.4) is 0 Å². The lowest BCUT2D eigenvalue weighted by atomic mass is 9.91. The van der Waals surface area contributed by atoms with Crippen LogP contribution in [0.5, 0.6) is 11.5 Å². The largest absolute Gasteiger partial charge is 0.493 e. The summed E-state index contributed by atoms with van der Waals surface area (Å²) in [5.41, 5.74) is 4.45. The minimum absolute atomic E-state index is 0.619. The molecule has 0 spiro atoms. The number of rotatable bonds is 15. The van der Waals surface area contributed by atoms with Crippen LogP contribution in [0.2, 0.25) is 0 Å². The number of fused-ring (bicyclic) bond motifs is 3. The van der Waals surface area contributed by atoms with Crippen LogP contribution in [0, 0.1) is 23.7 Å². The molecular formula is C44H50O2. The summed E-state index contributed by atoms with van der Waals surface area (Å²) >= 11 is 0. The van der Waals surface area contributed by atoms with E-state index in [-0.39, 0.29) is 0 Å². The molecule has 2 atom stereocenters. The van der Waals surface area contributed by atoms with Crippen LogP contribution in [-0.4, -0.2) is 13.2 Å². The molecule has 0 fully saturated rings. The first-order chi connectivity index (χ1) is 22.6. The summed E-state index contributed by atoms with van der Waals surface area (Å²) in [7, 11) is 0. The molecule has 0 aliphatic heterocycles. The van der Waals surface area contributed by atoms with E-state index in [1.807, 2.05) is 12.1 Å². The number of hydrogen-bond acceptors (Lipinski definition) is 2. The third-order valence-electron chi connectivity index (χ3n) is 9.30. The Balaban J connectivity index is 1.37. The fraction of sp³-hybridized carbons (Fsp3) is 0.364. The Hall–Kier alpha value is -4.22. The second-order valence-corrected chi connectivity index (χ2v) is 12.6. The molecule has 0 heterocycles. The Morgan fingerprint density at radius 3 is 1.76 bits per heavy atom. The third-order valence-corrected chi connectivity index (χ3v) is 9.30. The number of ether oxygens (including phenoxy) is 2.